The van der Waals surface area contributed by atoms with E-state index in [1.807, 2.05) is 0 Å². The van der Waals surface area contributed by atoms with Gasteiger partial charge in [-0.2, -0.15) is 0 Å². The van der Waals surface area contributed by atoms with Crippen LogP contribution in [-0.4, -0.2) is 6.61 Å². The van der Waals surface area contributed by atoms with Crippen LogP contribution in [0.3, 0.4) is 0 Å². The average molecular weight is 177 g/mol. The highest BCUT2D eigenvalue weighted by atomic mass is 16.5. The maximum Gasteiger partial charge on any atom is 0.0723 e. The molecule has 1 aliphatic rings. The number of aryl methyl sites for hydroxylation is 2. The molecule has 0 spiro atoms. The summed E-state index contributed by atoms with van der Waals surface area (Å²) in [5.41, 5.74) is 11.2. The van der Waals surface area contributed by atoms with Gasteiger partial charge >= 0.3 is 0 Å². The predicted octanol–water partition coefficient (Wildman–Crippen LogP) is 1.83. The zero-order chi connectivity index (χ0) is 9.42. The standard InChI is InChI=1S/C11H15NO/c1-7-3-4-8(2)11-9(7)5-13-6-10(11)12/h3-4,10H,5-6,12H2,1-2H3. The van der Waals surface area contributed by atoms with Gasteiger partial charge in [0.1, 0.15) is 0 Å². The van der Waals surface area contributed by atoms with Gasteiger partial charge in [-0.3, -0.25) is 0 Å². The molecule has 0 aliphatic carbocycles. The molecule has 1 aliphatic heterocycles. The molecule has 0 fully saturated rings. The van der Waals surface area contributed by atoms with Gasteiger partial charge in [0.05, 0.1) is 19.3 Å². The van der Waals surface area contributed by atoms with Crippen LogP contribution in [0.2, 0.25) is 0 Å². The Morgan fingerprint density at radius 3 is 2.69 bits per heavy atom. The molecule has 1 heterocycles. The smallest absolute Gasteiger partial charge is 0.0723 e. The Hall–Kier alpha value is -0.860. The van der Waals surface area contributed by atoms with E-state index in [4.69, 9.17) is 10.5 Å². The topological polar surface area (TPSA) is 35.2 Å². The van der Waals surface area contributed by atoms with Gasteiger partial charge < -0.3 is 10.5 Å². The van der Waals surface area contributed by atoms with E-state index in [1.54, 1.807) is 0 Å². The molecule has 2 heteroatoms. The summed E-state index contributed by atoms with van der Waals surface area (Å²) in [6, 6.07) is 4.33. The van der Waals surface area contributed by atoms with E-state index in [-0.39, 0.29) is 6.04 Å². The minimum atomic E-state index is 0.0589. The third-order valence-electron chi connectivity index (χ3n) is 2.72. The van der Waals surface area contributed by atoms with E-state index < -0.39 is 0 Å². The summed E-state index contributed by atoms with van der Waals surface area (Å²) < 4.78 is 5.42. The fourth-order valence-electron chi connectivity index (χ4n) is 1.97. The SMILES string of the molecule is Cc1ccc(C)c2c1COCC2N. The molecule has 1 aromatic rings. The van der Waals surface area contributed by atoms with Gasteiger partial charge in [-0.1, -0.05) is 12.1 Å². The molecule has 13 heavy (non-hydrogen) atoms. The number of ether oxygens (including phenoxy) is 1. The van der Waals surface area contributed by atoms with Gasteiger partial charge in [-0.25, -0.2) is 0 Å². The largest absolute Gasteiger partial charge is 0.375 e. The van der Waals surface area contributed by atoms with Gasteiger partial charge in [0, 0.05) is 0 Å². The monoisotopic (exact) mass is 177 g/mol. The van der Waals surface area contributed by atoms with E-state index in [0.29, 0.717) is 6.61 Å². The Morgan fingerprint density at radius 1 is 1.31 bits per heavy atom. The summed E-state index contributed by atoms with van der Waals surface area (Å²) in [4.78, 5) is 0. The first kappa shape index (κ1) is 8.73. The second kappa shape index (κ2) is 3.13. The third-order valence-corrected chi connectivity index (χ3v) is 2.72. The Balaban J connectivity index is 2.60. The van der Waals surface area contributed by atoms with Crippen LogP contribution in [-0.2, 0) is 11.3 Å². The van der Waals surface area contributed by atoms with Gasteiger partial charge in [-0.15, -0.1) is 0 Å². The Bertz CT molecular complexity index is 333. The van der Waals surface area contributed by atoms with Crippen molar-refractivity contribution in [2.45, 2.75) is 26.5 Å². The van der Waals surface area contributed by atoms with E-state index in [0.717, 1.165) is 6.61 Å². The number of hydrogen-bond donors (Lipinski definition) is 1. The van der Waals surface area contributed by atoms with Gasteiger partial charge in [-0.05, 0) is 36.1 Å². The molecule has 0 radical (unpaired) electrons. The summed E-state index contributed by atoms with van der Waals surface area (Å²) in [5.74, 6) is 0. The second-order valence-corrected chi connectivity index (χ2v) is 3.71. The molecule has 0 bridgehead atoms. The van der Waals surface area contributed by atoms with Crippen LogP contribution >= 0.6 is 0 Å². The first-order chi connectivity index (χ1) is 6.20. The van der Waals surface area contributed by atoms with E-state index in [2.05, 4.69) is 26.0 Å². The number of benzene rings is 1. The van der Waals surface area contributed by atoms with Crippen molar-refractivity contribution >= 4 is 0 Å². The van der Waals surface area contributed by atoms with E-state index in [1.165, 1.54) is 22.3 Å². The fourth-order valence-corrected chi connectivity index (χ4v) is 1.97. The normalized spacial score (nSPS) is 21.3. The lowest BCUT2D eigenvalue weighted by Gasteiger charge is -2.26. The number of nitrogens with two attached hydrogens (primary N) is 1. The van der Waals surface area contributed by atoms with Crippen LogP contribution in [0.25, 0.3) is 0 Å². The summed E-state index contributed by atoms with van der Waals surface area (Å²) >= 11 is 0. The Kier molecular flexibility index (Phi) is 2.10. The van der Waals surface area contributed by atoms with Crippen LogP contribution in [0.1, 0.15) is 28.3 Å². The molecule has 70 valence electrons. The summed E-state index contributed by atoms with van der Waals surface area (Å²) in [5, 5.41) is 0. The summed E-state index contributed by atoms with van der Waals surface area (Å²) in [7, 11) is 0. The van der Waals surface area contributed by atoms with Crippen LogP contribution < -0.4 is 5.73 Å². The van der Waals surface area contributed by atoms with Crippen molar-refractivity contribution in [1.82, 2.24) is 0 Å². The first-order valence-electron chi connectivity index (χ1n) is 4.62. The van der Waals surface area contributed by atoms with Crippen molar-refractivity contribution in [2.24, 2.45) is 5.73 Å². The van der Waals surface area contributed by atoms with Crippen LogP contribution in [0.4, 0.5) is 0 Å². The highest BCUT2D eigenvalue weighted by Crippen LogP contribution is 2.28. The number of fused-ring (bicyclic) bond motifs is 1. The van der Waals surface area contributed by atoms with Crippen LogP contribution in [0.15, 0.2) is 12.1 Å². The highest BCUT2D eigenvalue weighted by molar-refractivity contribution is 5.42. The quantitative estimate of drug-likeness (QED) is 0.656. The molecule has 2 N–H and O–H groups in total. The maximum atomic E-state index is 5.99. The number of rotatable bonds is 0. The summed E-state index contributed by atoms with van der Waals surface area (Å²) in [6.07, 6.45) is 0. The minimum absolute atomic E-state index is 0.0589. The number of hydrogen-bond acceptors (Lipinski definition) is 2. The van der Waals surface area contributed by atoms with Crippen molar-refractivity contribution in [3.05, 3.63) is 34.4 Å². The Labute approximate surface area is 78.7 Å². The Morgan fingerprint density at radius 2 is 2.00 bits per heavy atom. The molecule has 2 rings (SSSR count). The lowest BCUT2D eigenvalue weighted by atomic mass is 9.91. The van der Waals surface area contributed by atoms with Gasteiger partial charge in [0.2, 0.25) is 0 Å². The van der Waals surface area contributed by atoms with Crippen molar-refractivity contribution < 1.29 is 4.74 Å². The fraction of sp³-hybridized carbons (Fsp3) is 0.455. The zero-order valence-electron chi connectivity index (χ0n) is 8.13. The van der Waals surface area contributed by atoms with Crippen LogP contribution in [0.5, 0.6) is 0 Å². The van der Waals surface area contributed by atoms with Crippen molar-refractivity contribution in [2.75, 3.05) is 6.61 Å². The molecule has 1 unspecified atom stereocenters. The second-order valence-electron chi connectivity index (χ2n) is 3.71. The molecular formula is C11H15NO. The maximum absolute atomic E-state index is 5.99. The highest BCUT2D eigenvalue weighted by Gasteiger charge is 2.20. The molecule has 2 nitrogen and oxygen atoms in total. The third kappa shape index (κ3) is 1.36. The molecule has 0 saturated heterocycles. The first-order valence-corrected chi connectivity index (χ1v) is 4.62. The van der Waals surface area contributed by atoms with Gasteiger partial charge in [0.15, 0.2) is 0 Å². The molecular weight excluding hydrogens is 162 g/mol. The molecule has 1 aromatic carbocycles. The lowest BCUT2D eigenvalue weighted by molar-refractivity contribution is 0.0916. The molecule has 0 aromatic heterocycles. The van der Waals surface area contributed by atoms with E-state index >= 15 is 0 Å². The molecule has 1 atom stereocenters. The van der Waals surface area contributed by atoms with Crippen molar-refractivity contribution in [3.63, 3.8) is 0 Å². The zero-order valence-corrected chi connectivity index (χ0v) is 8.13. The van der Waals surface area contributed by atoms with E-state index in [9.17, 15) is 0 Å². The van der Waals surface area contributed by atoms with Gasteiger partial charge in [0.25, 0.3) is 0 Å². The summed E-state index contributed by atoms with van der Waals surface area (Å²) in [6.45, 7) is 5.59. The predicted molar refractivity (Wildman–Crippen MR) is 52.5 cm³/mol. The van der Waals surface area contributed by atoms with Crippen molar-refractivity contribution in [1.29, 1.82) is 0 Å². The molecule has 0 saturated carbocycles. The van der Waals surface area contributed by atoms with Crippen molar-refractivity contribution in [3.8, 4) is 0 Å². The van der Waals surface area contributed by atoms with Crippen LogP contribution in [0, 0.1) is 13.8 Å². The molecule has 0 amide bonds. The minimum Gasteiger partial charge on any atom is -0.375 e. The average Bonchev–Trinajstić information content (AvgIpc) is 2.12. The lowest BCUT2D eigenvalue weighted by Crippen LogP contribution is -2.25.